The van der Waals surface area contributed by atoms with E-state index in [2.05, 4.69) is 230 Å². The highest BCUT2D eigenvalue weighted by Gasteiger charge is 2.37. The normalized spacial score (nSPS) is 13.0. The summed E-state index contributed by atoms with van der Waals surface area (Å²) in [5, 5.41) is 4.79. The lowest BCUT2D eigenvalue weighted by molar-refractivity contribution is 0.656. The van der Waals surface area contributed by atoms with Gasteiger partial charge < -0.3 is 13.9 Å². The highest BCUT2D eigenvalue weighted by atomic mass is 16.3. The van der Waals surface area contributed by atoms with Crippen LogP contribution in [-0.4, -0.2) is 4.57 Å². The summed E-state index contributed by atoms with van der Waals surface area (Å²) >= 11 is 0. The first-order valence-electron chi connectivity index (χ1n) is 20.8. The van der Waals surface area contributed by atoms with Crippen LogP contribution < -0.4 is 4.90 Å². The van der Waals surface area contributed by atoms with Gasteiger partial charge in [0.1, 0.15) is 11.2 Å². The number of furan rings is 1. The van der Waals surface area contributed by atoms with Crippen molar-refractivity contribution in [3.8, 4) is 39.1 Å². The number of aromatic nitrogens is 1. The number of benzene rings is 9. The Labute approximate surface area is 349 Å². The van der Waals surface area contributed by atoms with E-state index in [0.29, 0.717) is 0 Å². The second kappa shape index (κ2) is 13.2. The average molecular weight is 769 g/mol. The van der Waals surface area contributed by atoms with E-state index in [1.54, 1.807) is 0 Å². The van der Waals surface area contributed by atoms with Crippen molar-refractivity contribution < 1.29 is 4.42 Å². The second-order valence-corrected chi connectivity index (χ2v) is 16.5. The zero-order valence-electron chi connectivity index (χ0n) is 33.4. The molecule has 284 valence electrons. The van der Waals surface area contributed by atoms with Crippen molar-refractivity contribution in [2.75, 3.05) is 4.90 Å². The SMILES string of the molecule is CC1(C)c2ccccc2-c2c1ccc1oc3cc(-c4cccc(N(c5ccc(-c6ccccc6)cc5)c5ccc6c(c5)c5ccccc5n6-c5ccccc5)c4)ccc3c21. The van der Waals surface area contributed by atoms with Gasteiger partial charge in [0.25, 0.3) is 0 Å². The number of hydrogen-bond donors (Lipinski definition) is 0. The zero-order chi connectivity index (χ0) is 40.0. The second-order valence-electron chi connectivity index (χ2n) is 16.5. The van der Waals surface area contributed by atoms with E-state index < -0.39 is 0 Å². The molecule has 0 atom stereocenters. The van der Waals surface area contributed by atoms with Crippen molar-refractivity contribution in [1.29, 1.82) is 0 Å². The van der Waals surface area contributed by atoms with Gasteiger partial charge in [-0.25, -0.2) is 0 Å². The summed E-state index contributed by atoms with van der Waals surface area (Å²) in [5.41, 5.74) is 18.5. The fourth-order valence-electron chi connectivity index (χ4n) is 9.90. The first-order chi connectivity index (χ1) is 29.5. The van der Waals surface area contributed by atoms with Gasteiger partial charge in [-0.15, -0.1) is 0 Å². The van der Waals surface area contributed by atoms with Crippen LogP contribution in [0.4, 0.5) is 17.1 Å². The molecule has 60 heavy (non-hydrogen) atoms. The monoisotopic (exact) mass is 768 g/mol. The summed E-state index contributed by atoms with van der Waals surface area (Å²) in [6.45, 7) is 4.66. The van der Waals surface area contributed by atoms with E-state index in [1.807, 2.05) is 0 Å². The topological polar surface area (TPSA) is 21.3 Å². The van der Waals surface area contributed by atoms with E-state index in [-0.39, 0.29) is 5.41 Å². The van der Waals surface area contributed by atoms with Gasteiger partial charge in [-0.3, -0.25) is 0 Å². The van der Waals surface area contributed by atoms with Crippen molar-refractivity contribution in [3.63, 3.8) is 0 Å². The fraction of sp³-hybridized carbons (Fsp3) is 0.0526. The number of fused-ring (bicyclic) bond motifs is 10. The van der Waals surface area contributed by atoms with Gasteiger partial charge in [0, 0.05) is 49.7 Å². The minimum atomic E-state index is -0.0681. The largest absolute Gasteiger partial charge is 0.456 e. The Morgan fingerprint density at radius 2 is 1.07 bits per heavy atom. The average Bonchev–Trinajstić information content (AvgIpc) is 3.92. The molecule has 0 bridgehead atoms. The standard InChI is InChI=1S/C57H40N2O/c1-57(2)49-22-11-9-21-46(49)55-50(57)31-33-53-56(55)47-30-26-40(35-54(47)60-53)39-16-13-19-43(34-39)58(42-27-24-38(25-28-42)37-14-5-3-6-15-37)44-29-32-52-48(36-44)45-20-10-12-23-51(45)59(52)41-17-7-4-8-18-41/h3-36H,1-2H3. The molecular formula is C57H40N2O. The van der Waals surface area contributed by atoms with Gasteiger partial charge in [-0.2, -0.15) is 0 Å². The molecule has 12 rings (SSSR count). The van der Waals surface area contributed by atoms with Gasteiger partial charge in [-0.1, -0.05) is 141 Å². The van der Waals surface area contributed by atoms with Crippen LogP contribution in [0.1, 0.15) is 25.0 Å². The highest BCUT2D eigenvalue weighted by Crippen LogP contribution is 2.53. The van der Waals surface area contributed by atoms with Crippen molar-refractivity contribution in [2.24, 2.45) is 0 Å². The number of para-hydroxylation sites is 2. The van der Waals surface area contributed by atoms with Crippen LogP contribution >= 0.6 is 0 Å². The Balaban J connectivity index is 1.00. The van der Waals surface area contributed by atoms with Crippen LogP contribution in [-0.2, 0) is 5.41 Å². The molecule has 0 amide bonds. The van der Waals surface area contributed by atoms with Crippen molar-refractivity contribution in [2.45, 2.75) is 19.3 Å². The summed E-state index contributed by atoms with van der Waals surface area (Å²) in [7, 11) is 0. The Bertz CT molecular complexity index is 3450. The molecular weight excluding hydrogens is 729 g/mol. The minimum Gasteiger partial charge on any atom is -0.456 e. The molecule has 3 heteroatoms. The minimum absolute atomic E-state index is 0.0681. The fourth-order valence-corrected chi connectivity index (χ4v) is 9.90. The van der Waals surface area contributed by atoms with E-state index in [4.69, 9.17) is 4.42 Å². The number of anilines is 3. The lowest BCUT2D eigenvalue weighted by atomic mass is 9.82. The molecule has 0 aliphatic heterocycles. The molecule has 9 aromatic carbocycles. The van der Waals surface area contributed by atoms with Crippen molar-refractivity contribution in [1.82, 2.24) is 4.57 Å². The molecule has 1 aliphatic carbocycles. The Hall–Kier alpha value is -7.62. The predicted molar refractivity (Wildman–Crippen MR) is 251 cm³/mol. The van der Waals surface area contributed by atoms with Gasteiger partial charge in [0.15, 0.2) is 0 Å². The molecule has 0 saturated heterocycles. The van der Waals surface area contributed by atoms with Gasteiger partial charge in [0.2, 0.25) is 0 Å². The van der Waals surface area contributed by atoms with Crippen molar-refractivity contribution in [3.05, 3.63) is 217 Å². The van der Waals surface area contributed by atoms with Crippen LogP contribution in [0, 0.1) is 0 Å². The molecule has 11 aromatic rings. The highest BCUT2D eigenvalue weighted by molar-refractivity contribution is 6.15. The molecule has 0 N–H and O–H groups in total. The van der Waals surface area contributed by atoms with Gasteiger partial charge >= 0.3 is 0 Å². The summed E-state index contributed by atoms with van der Waals surface area (Å²) < 4.78 is 9.06. The van der Waals surface area contributed by atoms with Crippen molar-refractivity contribution >= 4 is 60.8 Å². The molecule has 3 nitrogen and oxygen atoms in total. The summed E-state index contributed by atoms with van der Waals surface area (Å²) in [4.78, 5) is 2.38. The van der Waals surface area contributed by atoms with Gasteiger partial charge in [0.05, 0.1) is 11.0 Å². The van der Waals surface area contributed by atoms with Crippen LogP contribution in [0.2, 0.25) is 0 Å². The first kappa shape index (κ1) is 34.4. The lowest BCUT2D eigenvalue weighted by Crippen LogP contribution is -2.14. The van der Waals surface area contributed by atoms with Crippen LogP contribution in [0.5, 0.6) is 0 Å². The summed E-state index contributed by atoms with van der Waals surface area (Å²) in [6, 6.07) is 74.7. The molecule has 0 fully saturated rings. The summed E-state index contributed by atoms with van der Waals surface area (Å²) in [6.07, 6.45) is 0. The third-order valence-corrected chi connectivity index (χ3v) is 12.8. The smallest absolute Gasteiger partial charge is 0.136 e. The van der Waals surface area contributed by atoms with Crippen LogP contribution in [0.3, 0.4) is 0 Å². The van der Waals surface area contributed by atoms with E-state index in [1.165, 1.54) is 60.6 Å². The molecule has 2 aromatic heterocycles. The number of rotatable bonds is 6. The van der Waals surface area contributed by atoms with Crippen LogP contribution in [0.25, 0.3) is 82.8 Å². The Morgan fingerprint density at radius 3 is 1.92 bits per heavy atom. The van der Waals surface area contributed by atoms with Crippen LogP contribution in [0.15, 0.2) is 211 Å². The predicted octanol–water partition coefficient (Wildman–Crippen LogP) is 15.8. The maximum Gasteiger partial charge on any atom is 0.136 e. The molecule has 0 spiro atoms. The molecule has 0 saturated carbocycles. The molecule has 1 aliphatic rings. The van der Waals surface area contributed by atoms with E-state index in [9.17, 15) is 0 Å². The third kappa shape index (κ3) is 5.22. The quantitative estimate of drug-likeness (QED) is 0.168. The molecule has 0 radical (unpaired) electrons. The van der Waals surface area contributed by atoms with Gasteiger partial charge in [-0.05, 0) is 123 Å². The number of hydrogen-bond acceptors (Lipinski definition) is 2. The maximum atomic E-state index is 6.68. The Morgan fingerprint density at radius 1 is 0.417 bits per heavy atom. The zero-order valence-corrected chi connectivity index (χ0v) is 33.4. The molecule has 2 heterocycles. The third-order valence-electron chi connectivity index (χ3n) is 12.8. The van der Waals surface area contributed by atoms with E-state index >= 15 is 0 Å². The summed E-state index contributed by atoms with van der Waals surface area (Å²) in [5.74, 6) is 0. The lowest BCUT2D eigenvalue weighted by Gasteiger charge is -2.26. The Kier molecular flexibility index (Phi) is 7.58. The first-order valence-corrected chi connectivity index (χ1v) is 20.8. The molecule has 0 unspecified atom stereocenters. The number of nitrogens with zero attached hydrogens (tertiary/aromatic N) is 2. The van der Waals surface area contributed by atoms with E-state index in [0.717, 1.165) is 50.4 Å². The maximum absolute atomic E-state index is 6.68.